The van der Waals surface area contributed by atoms with Crippen molar-refractivity contribution in [3.05, 3.63) is 18.5 Å². The van der Waals surface area contributed by atoms with Gasteiger partial charge in [0.15, 0.2) is 0 Å². The summed E-state index contributed by atoms with van der Waals surface area (Å²) in [6, 6.07) is 1.11. The normalized spacial score (nSPS) is 21.1. The fourth-order valence-corrected chi connectivity index (χ4v) is 2.71. The van der Waals surface area contributed by atoms with Crippen LogP contribution < -0.4 is 10.6 Å². The number of alkyl carbamates (subject to hydrolysis) is 1. The molecule has 0 unspecified atom stereocenters. The first-order chi connectivity index (χ1) is 12.9. The van der Waals surface area contributed by atoms with Crippen LogP contribution >= 0.6 is 0 Å². The highest BCUT2D eigenvalue weighted by atomic mass is 19.4. The van der Waals surface area contributed by atoms with Crippen molar-refractivity contribution in [2.45, 2.75) is 70.3 Å². The first kappa shape index (κ1) is 21.7. The maximum absolute atomic E-state index is 12.6. The molecule has 28 heavy (non-hydrogen) atoms. The van der Waals surface area contributed by atoms with Crippen molar-refractivity contribution >= 4 is 18.0 Å². The molecule has 0 spiro atoms. The monoisotopic (exact) mass is 403 g/mol. The lowest BCUT2D eigenvalue weighted by Gasteiger charge is -2.28. The van der Waals surface area contributed by atoms with Gasteiger partial charge in [0.1, 0.15) is 5.60 Å². The lowest BCUT2D eigenvalue weighted by atomic mass is 9.92. The molecule has 2 N–H and O–H groups in total. The van der Waals surface area contributed by atoms with Gasteiger partial charge in [0.05, 0.1) is 6.04 Å². The zero-order valence-corrected chi connectivity index (χ0v) is 15.9. The van der Waals surface area contributed by atoms with Crippen LogP contribution in [0, 0.1) is 0 Å². The third-order valence-corrected chi connectivity index (χ3v) is 3.93. The van der Waals surface area contributed by atoms with E-state index in [9.17, 15) is 22.8 Å². The third-order valence-electron chi connectivity index (χ3n) is 3.93. The van der Waals surface area contributed by atoms with Gasteiger partial charge < -0.3 is 10.1 Å². The molecule has 0 saturated heterocycles. The Morgan fingerprint density at radius 2 is 1.82 bits per heavy atom. The molecule has 1 aliphatic carbocycles. The van der Waals surface area contributed by atoms with Gasteiger partial charge in [-0.05, 0) is 52.5 Å². The molecule has 0 aliphatic heterocycles. The Morgan fingerprint density at radius 3 is 2.32 bits per heavy atom. The predicted molar refractivity (Wildman–Crippen MR) is 94.7 cm³/mol. The second kappa shape index (κ2) is 8.61. The highest BCUT2D eigenvalue weighted by molar-refractivity contribution is 6.00. The summed E-state index contributed by atoms with van der Waals surface area (Å²) in [6.07, 6.45) is -0.514. The minimum atomic E-state index is -5.02. The van der Waals surface area contributed by atoms with Crippen molar-refractivity contribution in [1.82, 2.24) is 20.4 Å². The molecular formula is C17H24F3N5O3. The van der Waals surface area contributed by atoms with Crippen LogP contribution in [-0.4, -0.2) is 51.6 Å². The number of aliphatic imine (C=N–C) groups is 1. The maximum Gasteiger partial charge on any atom is 0.471 e. The van der Waals surface area contributed by atoms with E-state index in [1.54, 1.807) is 26.1 Å². The molecule has 0 bridgehead atoms. The lowest BCUT2D eigenvalue weighted by molar-refractivity contribution is -0.171. The molecule has 1 aromatic heterocycles. The summed E-state index contributed by atoms with van der Waals surface area (Å²) in [5, 5.41) is 8.39. The van der Waals surface area contributed by atoms with E-state index < -0.39 is 23.8 Å². The quantitative estimate of drug-likeness (QED) is 0.586. The van der Waals surface area contributed by atoms with Crippen LogP contribution in [0.25, 0.3) is 0 Å². The third kappa shape index (κ3) is 6.86. The standard InChI is InChI=1S/C17H24F3N5O3/c1-16(2,3)28-15(27)23-12-7-5-11(6-8-12)22-14(25-10-4-9-21-25)24-13(26)17(18,19)20/h4,9-12H,5-8H2,1-3H3,(H,23,27)(H,22,24,26). The molecule has 0 radical (unpaired) electrons. The Labute approximate surface area is 160 Å². The second-order valence-electron chi connectivity index (χ2n) is 7.51. The van der Waals surface area contributed by atoms with Crippen molar-refractivity contribution in [2.24, 2.45) is 4.99 Å². The largest absolute Gasteiger partial charge is 0.471 e. The van der Waals surface area contributed by atoms with E-state index in [0.717, 1.165) is 4.68 Å². The molecule has 2 amide bonds. The van der Waals surface area contributed by atoms with Crippen molar-refractivity contribution in [2.75, 3.05) is 0 Å². The first-order valence-corrected chi connectivity index (χ1v) is 8.89. The van der Waals surface area contributed by atoms with Gasteiger partial charge in [-0.25, -0.2) is 14.5 Å². The second-order valence-corrected chi connectivity index (χ2v) is 7.51. The summed E-state index contributed by atoms with van der Waals surface area (Å²) >= 11 is 0. The molecule has 0 atom stereocenters. The first-order valence-electron chi connectivity index (χ1n) is 8.89. The lowest BCUT2D eigenvalue weighted by Crippen LogP contribution is -2.45. The molecule has 11 heteroatoms. The number of nitrogens with one attached hydrogen (secondary N) is 2. The molecule has 156 valence electrons. The summed E-state index contributed by atoms with van der Waals surface area (Å²) in [6.45, 7) is 5.30. The topological polar surface area (TPSA) is 97.6 Å². The SMILES string of the molecule is CC(C)(C)OC(=O)NC1CCC(N=C(NC(=O)C(F)(F)F)n2cccn2)CC1. The van der Waals surface area contributed by atoms with Crippen LogP contribution in [-0.2, 0) is 9.53 Å². The van der Waals surface area contributed by atoms with E-state index in [-0.39, 0.29) is 18.0 Å². The Bertz CT molecular complexity index is 703. The number of hydrogen-bond acceptors (Lipinski definition) is 5. The zero-order chi connectivity index (χ0) is 20.9. The van der Waals surface area contributed by atoms with E-state index in [1.807, 2.05) is 0 Å². The number of amides is 2. The highest BCUT2D eigenvalue weighted by Crippen LogP contribution is 2.22. The van der Waals surface area contributed by atoms with E-state index in [2.05, 4.69) is 15.4 Å². The van der Waals surface area contributed by atoms with Crippen molar-refractivity contribution < 1.29 is 27.5 Å². The summed E-state index contributed by atoms with van der Waals surface area (Å²) in [5.74, 6) is -2.39. The van der Waals surface area contributed by atoms with Gasteiger partial charge in [-0.1, -0.05) is 0 Å². The average molecular weight is 403 g/mol. The Balaban J connectivity index is 1.97. The average Bonchev–Trinajstić information content (AvgIpc) is 3.07. The fourth-order valence-electron chi connectivity index (χ4n) is 2.71. The van der Waals surface area contributed by atoms with Gasteiger partial charge in [0, 0.05) is 18.4 Å². The predicted octanol–water partition coefficient (Wildman–Crippen LogP) is 2.60. The Morgan fingerprint density at radius 1 is 1.18 bits per heavy atom. The summed E-state index contributed by atoms with van der Waals surface area (Å²) in [4.78, 5) is 27.4. The van der Waals surface area contributed by atoms with Crippen LogP contribution in [0.1, 0.15) is 46.5 Å². The fraction of sp³-hybridized carbons (Fsp3) is 0.647. The summed E-state index contributed by atoms with van der Waals surface area (Å²) in [5.41, 5.74) is -0.596. The number of ether oxygens (including phenoxy) is 1. The number of halogens is 3. The minimum Gasteiger partial charge on any atom is -0.444 e. The Hall–Kier alpha value is -2.59. The smallest absolute Gasteiger partial charge is 0.444 e. The number of rotatable bonds is 2. The molecule has 1 aliphatic rings. The summed E-state index contributed by atoms with van der Waals surface area (Å²) < 4.78 is 44.0. The van der Waals surface area contributed by atoms with E-state index >= 15 is 0 Å². The number of alkyl halides is 3. The number of hydrogen-bond donors (Lipinski definition) is 2. The van der Waals surface area contributed by atoms with Gasteiger partial charge in [-0.3, -0.25) is 10.1 Å². The number of carbonyl (C=O) groups excluding carboxylic acids is 2. The maximum atomic E-state index is 12.6. The van der Waals surface area contributed by atoms with Crippen molar-refractivity contribution in [3.63, 3.8) is 0 Å². The van der Waals surface area contributed by atoms with Gasteiger partial charge in [0.25, 0.3) is 0 Å². The zero-order valence-electron chi connectivity index (χ0n) is 15.9. The van der Waals surface area contributed by atoms with Crippen LogP contribution in [0.15, 0.2) is 23.5 Å². The molecule has 0 aromatic carbocycles. The summed E-state index contributed by atoms with van der Waals surface area (Å²) in [7, 11) is 0. The van der Waals surface area contributed by atoms with Gasteiger partial charge >= 0.3 is 18.2 Å². The van der Waals surface area contributed by atoms with E-state index in [4.69, 9.17) is 4.74 Å². The van der Waals surface area contributed by atoms with Crippen LogP contribution in [0.2, 0.25) is 0 Å². The molecule has 1 saturated carbocycles. The van der Waals surface area contributed by atoms with E-state index in [0.29, 0.717) is 25.7 Å². The molecule has 1 aromatic rings. The number of carbonyl (C=O) groups is 2. The van der Waals surface area contributed by atoms with Gasteiger partial charge in [0.2, 0.25) is 5.96 Å². The highest BCUT2D eigenvalue weighted by Gasteiger charge is 2.39. The molecular weight excluding hydrogens is 379 g/mol. The van der Waals surface area contributed by atoms with Crippen LogP contribution in [0.5, 0.6) is 0 Å². The van der Waals surface area contributed by atoms with Gasteiger partial charge in [-0.2, -0.15) is 18.3 Å². The molecule has 1 heterocycles. The van der Waals surface area contributed by atoms with Gasteiger partial charge in [-0.15, -0.1) is 0 Å². The minimum absolute atomic E-state index is 0.0979. The number of aromatic nitrogens is 2. The molecule has 2 rings (SSSR count). The Kier molecular flexibility index (Phi) is 6.68. The molecule has 8 nitrogen and oxygen atoms in total. The van der Waals surface area contributed by atoms with Crippen LogP contribution in [0.4, 0.5) is 18.0 Å². The van der Waals surface area contributed by atoms with Crippen molar-refractivity contribution in [1.29, 1.82) is 0 Å². The van der Waals surface area contributed by atoms with Crippen LogP contribution in [0.3, 0.4) is 0 Å². The molecule has 1 fully saturated rings. The van der Waals surface area contributed by atoms with Crippen molar-refractivity contribution in [3.8, 4) is 0 Å². The van der Waals surface area contributed by atoms with E-state index in [1.165, 1.54) is 18.5 Å². The number of nitrogens with zero attached hydrogens (tertiary/aromatic N) is 3.